The van der Waals surface area contributed by atoms with E-state index < -0.39 is 0 Å². The van der Waals surface area contributed by atoms with Crippen molar-refractivity contribution in [3.63, 3.8) is 0 Å². The zero-order chi connectivity index (χ0) is 8.55. The molecule has 0 spiro atoms. The fourth-order valence-corrected chi connectivity index (χ4v) is 1.58. The molecular weight excluding hydrogens is 220 g/mol. The molecule has 2 rings (SSSR count). The van der Waals surface area contributed by atoms with Gasteiger partial charge in [-0.1, -0.05) is 0 Å². The summed E-state index contributed by atoms with van der Waals surface area (Å²) < 4.78 is 8.48. The fourth-order valence-electron chi connectivity index (χ4n) is 1.24. The van der Waals surface area contributed by atoms with E-state index in [-0.39, 0.29) is 0 Å². The predicted molar refractivity (Wildman–Crippen MR) is 49.0 cm³/mol. The third-order valence-electron chi connectivity index (χ3n) is 2.14. The smallest absolute Gasteiger partial charge is 0.107 e. The first kappa shape index (κ1) is 8.26. The first-order chi connectivity index (χ1) is 5.77. The maximum Gasteiger partial charge on any atom is 0.107 e. The van der Waals surface area contributed by atoms with Gasteiger partial charge in [0.25, 0.3) is 0 Å². The van der Waals surface area contributed by atoms with E-state index in [1.807, 2.05) is 13.3 Å². The lowest BCUT2D eigenvalue weighted by Gasteiger charge is -2.26. The van der Waals surface area contributed by atoms with Crippen LogP contribution in [0.4, 0.5) is 0 Å². The Morgan fingerprint density at radius 1 is 1.83 bits per heavy atom. The van der Waals surface area contributed by atoms with Crippen LogP contribution < -0.4 is 0 Å². The van der Waals surface area contributed by atoms with Gasteiger partial charge in [-0.25, -0.2) is 4.98 Å². The van der Waals surface area contributed by atoms with Crippen LogP contribution in [0.5, 0.6) is 0 Å². The van der Waals surface area contributed by atoms with E-state index in [1.165, 1.54) is 6.42 Å². The van der Waals surface area contributed by atoms with Crippen LogP contribution in [0.25, 0.3) is 0 Å². The third kappa shape index (κ3) is 1.41. The lowest BCUT2D eigenvalue weighted by Crippen LogP contribution is -2.31. The summed E-state index contributed by atoms with van der Waals surface area (Å²) in [6, 6.07) is 0. The van der Waals surface area contributed by atoms with Crippen LogP contribution in [0.2, 0.25) is 0 Å². The Balaban J connectivity index is 2.06. The van der Waals surface area contributed by atoms with Crippen LogP contribution >= 0.6 is 15.9 Å². The monoisotopic (exact) mass is 230 g/mol. The predicted octanol–water partition coefficient (Wildman–Crippen LogP) is 1.74. The van der Waals surface area contributed by atoms with Gasteiger partial charge in [-0.05, 0) is 29.3 Å². The Kier molecular flexibility index (Phi) is 2.19. The summed E-state index contributed by atoms with van der Waals surface area (Å²) in [6.45, 7) is 3.82. The first-order valence-corrected chi connectivity index (χ1v) is 4.85. The van der Waals surface area contributed by atoms with Gasteiger partial charge in [-0.2, -0.15) is 0 Å². The van der Waals surface area contributed by atoms with Crippen molar-refractivity contribution in [1.29, 1.82) is 0 Å². The van der Waals surface area contributed by atoms with Crippen LogP contribution in [0, 0.1) is 6.92 Å². The Morgan fingerprint density at radius 3 is 3.00 bits per heavy atom. The fraction of sp³-hybridized carbons (Fsp3) is 0.625. The van der Waals surface area contributed by atoms with Crippen molar-refractivity contribution >= 4 is 15.9 Å². The molecule has 1 aliphatic heterocycles. The second kappa shape index (κ2) is 3.18. The molecule has 1 aliphatic rings. The SMILES string of the molecule is Cc1ncn(C[C@@H]2CCO2)c1Br. The molecule has 66 valence electrons. The molecule has 1 atom stereocenters. The molecule has 1 aromatic heterocycles. The highest BCUT2D eigenvalue weighted by Gasteiger charge is 2.19. The number of hydrogen-bond acceptors (Lipinski definition) is 2. The summed E-state index contributed by atoms with van der Waals surface area (Å²) in [4.78, 5) is 4.19. The van der Waals surface area contributed by atoms with E-state index in [4.69, 9.17) is 4.74 Å². The minimum atomic E-state index is 0.398. The Labute approximate surface area is 79.9 Å². The molecule has 1 fully saturated rings. The summed E-state index contributed by atoms with van der Waals surface area (Å²) >= 11 is 3.48. The molecule has 12 heavy (non-hydrogen) atoms. The number of imidazole rings is 1. The standard InChI is InChI=1S/C8H11BrN2O/c1-6-8(9)11(5-10-6)4-7-2-3-12-7/h5,7H,2-4H2,1H3/t7-/m0/s1. The molecule has 0 saturated carbocycles. The molecule has 0 aromatic carbocycles. The van der Waals surface area contributed by atoms with Crippen LogP contribution in [0.3, 0.4) is 0 Å². The maximum atomic E-state index is 5.33. The van der Waals surface area contributed by atoms with Gasteiger partial charge < -0.3 is 9.30 Å². The van der Waals surface area contributed by atoms with Gasteiger partial charge in [0, 0.05) is 6.61 Å². The summed E-state index contributed by atoms with van der Waals surface area (Å²) in [7, 11) is 0. The van der Waals surface area contributed by atoms with Gasteiger partial charge in [0.1, 0.15) is 4.60 Å². The molecule has 3 nitrogen and oxygen atoms in total. The molecule has 1 aromatic rings. The lowest BCUT2D eigenvalue weighted by molar-refractivity contribution is -0.0595. The van der Waals surface area contributed by atoms with Crippen LogP contribution in [0.15, 0.2) is 10.9 Å². The maximum absolute atomic E-state index is 5.33. The molecule has 0 aliphatic carbocycles. The van der Waals surface area contributed by atoms with Crippen molar-refractivity contribution in [2.45, 2.75) is 26.0 Å². The highest BCUT2D eigenvalue weighted by Crippen LogP contribution is 2.19. The molecule has 0 amide bonds. The van der Waals surface area contributed by atoms with Gasteiger partial charge in [0.15, 0.2) is 0 Å². The third-order valence-corrected chi connectivity index (χ3v) is 3.16. The quantitative estimate of drug-likeness (QED) is 0.775. The number of ether oxygens (including phenoxy) is 1. The van der Waals surface area contributed by atoms with Crippen LogP contribution in [-0.4, -0.2) is 22.3 Å². The highest BCUT2D eigenvalue weighted by atomic mass is 79.9. The van der Waals surface area contributed by atoms with Gasteiger partial charge >= 0.3 is 0 Å². The van der Waals surface area contributed by atoms with E-state index in [0.717, 1.165) is 23.4 Å². The van der Waals surface area contributed by atoms with E-state index in [9.17, 15) is 0 Å². The van der Waals surface area contributed by atoms with Crippen molar-refractivity contribution in [3.8, 4) is 0 Å². The van der Waals surface area contributed by atoms with Crippen molar-refractivity contribution in [2.75, 3.05) is 6.61 Å². The van der Waals surface area contributed by atoms with E-state index in [2.05, 4.69) is 25.5 Å². The van der Waals surface area contributed by atoms with E-state index in [1.54, 1.807) is 0 Å². The zero-order valence-electron chi connectivity index (χ0n) is 6.96. The molecule has 4 heteroatoms. The van der Waals surface area contributed by atoms with E-state index >= 15 is 0 Å². The Morgan fingerprint density at radius 2 is 2.58 bits per heavy atom. The van der Waals surface area contributed by atoms with Crippen LogP contribution in [0.1, 0.15) is 12.1 Å². The number of rotatable bonds is 2. The average Bonchev–Trinajstić information content (AvgIpc) is 2.27. The average molecular weight is 231 g/mol. The summed E-state index contributed by atoms with van der Waals surface area (Å²) in [5.74, 6) is 0. The molecule has 0 radical (unpaired) electrons. The van der Waals surface area contributed by atoms with Crippen molar-refractivity contribution in [1.82, 2.24) is 9.55 Å². The van der Waals surface area contributed by atoms with Gasteiger partial charge in [-0.15, -0.1) is 0 Å². The largest absolute Gasteiger partial charge is 0.376 e. The molecule has 2 heterocycles. The van der Waals surface area contributed by atoms with Gasteiger partial charge in [0.05, 0.1) is 24.7 Å². The number of nitrogens with zero attached hydrogens (tertiary/aromatic N) is 2. The summed E-state index contributed by atoms with van der Waals surface area (Å²) in [5, 5.41) is 0. The van der Waals surface area contributed by atoms with Crippen molar-refractivity contribution < 1.29 is 4.74 Å². The lowest BCUT2D eigenvalue weighted by atomic mass is 10.2. The topological polar surface area (TPSA) is 27.1 Å². The molecule has 0 unspecified atom stereocenters. The first-order valence-electron chi connectivity index (χ1n) is 4.06. The number of hydrogen-bond donors (Lipinski definition) is 0. The van der Waals surface area contributed by atoms with Gasteiger partial charge in [-0.3, -0.25) is 0 Å². The summed E-state index contributed by atoms with van der Waals surface area (Å²) in [5.41, 5.74) is 1.04. The Hall–Kier alpha value is -0.350. The Bertz CT molecular complexity index is 281. The molecule has 1 saturated heterocycles. The van der Waals surface area contributed by atoms with Crippen molar-refractivity contribution in [2.24, 2.45) is 0 Å². The normalized spacial score (nSPS) is 22.3. The van der Waals surface area contributed by atoms with Gasteiger partial charge in [0.2, 0.25) is 0 Å². The highest BCUT2D eigenvalue weighted by molar-refractivity contribution is 9.10. The minimum Gasteiger partial charge on any atom is -0.376 e. The van der Waals surface area contributed by atoms with E-state index in [0.29, 0.717) is 6.10 Å². The number of halogens is 1. The number of aromatic nitrogens is 2. The second-order valence-corrected chi connectivity index (χ2v) is 3.81. The number of aryl methyl sites for hydroxylation is 1. The van der Waals surface area contributed by atoms with Crippen LogP contribution in [-0.2, 0) is 11.3 Å². The van der Waals surface area contributed by atoms with Crippen molar-refractivity contribution in [3.05, 3.63) is 16.6 Å². The molecular formula is C8H11BrN2O. The second-order valence-electron chi connectivity index (χ2n) is 3.05. The molecule has 0 N–H and O–H groups in total. The molecule has 0 bridgehead atoms. The minimum absolute atomic E-state index is 0.398. The zero-order valence-corrected chi connectivity index (χ0v) is 8.54. The summed E-state index contributed by atoms with van der Waals surface area (Å²) in [6.07, 6.45) is 3.42.